The molecule has 0 spiro atoms. The Bertz CT molecular complexity index is 2470. The molecule has 0 radical (unpaired) electrons. The van der Waals surface area contributed by atoms with Crippen molar-refractivity contribution in [3.63, 3.8) is 0 Å². The molecule has 2 aromatic heterocycles. The van der Waals surface area contributed by atoms with E-state index in [1.807, 2.05) is 18.3 Å². The van der Waals surface area contributed by atoms with E-state index in [-0.39, 0.29) is 43.7 Å². The van der Waals surface area contributed by atoms with E-state index in [4.69, 9.17) is 19.5 Å². The van der Waals surface area contributed by atoms with Crippen molar-refractivity contribution in [2.45, 2.75) is 111 Å². The molecule has 0 unspecified atom stereocenters. The summed E-state index contributed by atoms with van der Waals surface area (Å²) in [6, 6.07) is 33.3. The minimum atomic E-state index is -0.654. The van der Waals surface area contributed by atoms with Gasteiger partial charge in [-0.15, -0.1) is 28.6 Å². The standard InChI is InChI=1S/C48H51N3O2.Pt/c1-28(2)31-22-32(44-50-47(11,29(3)4)48(12,53-44)33-17-14-13-15-18-33)24-35(23-31)52-41-27-40-36(21-30(41)5)37-25-34(45(6,7)8)26-39-42(37)51(40)43-38(46(39,9)10)19-16-20-49-43;/h13-23,25-26,28-29H,1-12H3;/q-2;+2/t47-,48-;/m1./s1. The van der Waals surface area contributed by atoms with Gasteiger partial charge in [0.1, 0.15) is 17.3 Å². The van der Waals surface area contributed by atoms with Crippen LogP contribution in [0.4, 0.5) is 0 Å². The van der Waals surface area contributed by atoms with Gasteiger partial charge in [0.25, 0.3) is 0 Å². The topological polar surface area (TPSA) is 48.6 Å². The number of pyridine rings is 1. The Kier molecular flexibility index (Phi) is 9.13. The summed E-state index contributed by atoms with van der Waals surface area (Å²) in [5.74, 6) is 3.28. The molecule has 2 atom stereocenters. The van der Waals surface area contributed by atoms with Crippen LogP contribution in [0.1, 0.15) is 121 Å². The van der Waals surface area contributed by atoms with E-state index < -0.39 is 11.1 Å². The van der Waals surface area contributed by atoms with Crippen molar-refractivity contribution in [1.29, 1.82) is 0 Å². The Balaban J connectivity index is 0.00000450. The van der Waals surface area contributed by atoms with Crippen LogP contribution in [0, 0.1) is 25.0 Å². The maximum absolute atomic E-state index is 6.93. The predicted molar refractivity (Wildman–Crippen MR) is 217 cm³/mol. The van der Waals surface area contributed by atoms with Crippen molar-refractivity contribution in [1.82, 2.24) is 9.55 Å². The second-order valence-electron chi connectivity index (χ2n) is 17.7. The number of aryl methyl sites for hydroxylation is 1. The summed E-state index contributed by atoms with van der Waals surface area (Å²) in [7, 11) is 0. The van der Waals surface area contributed by atoms with Gasteiger partial charge in [-0.3, -0.25) is 4.99 Å². The van der Waals surface area contributed by atoms with E-state index >= 15 is 0 Å². The quantitative estimate of drug-likeness (QED) is 0.157. The number of rotatable bonds is 6. The zero-order chi connectivity index (χ0) is 37.8. The largest absolute Gasteiger partial charge is 2.00 e. The molecule has 4 aromatic carbocycles. The minimum Gasteiger partial charge on any atom is -0.508 e. The zero-order valence-electron chi connectivity index (χ0n) is 33.6. The predicted octanol–water partition coefficient (Wildman–Crippen LogP) is 12.0. The van der Waals surface area contributed by atoms with Gasteiger partial charge in [0.15, 0.2) is 0 Å². The first kappa shape index (κ1) is 38.1. The van der Waals surface area contributed by atoms with Crippen LogP contribution < -0.4 is 4.74 Å². The van der Waals surface area contributed by atoms with Gasteiger partial charge < -0.3 is 14.0 Å². The van der Waals surface area contributed by atoms with Crippen LogP contribution in [0.3, 0.4) is 0 Å². The Morgan fingerprint density at radius 3 is 2.22 bits per heavy atom. The van der Waals surface area contributed by atoms with Crippen LogP contribution in [0.5, 0.6) is 11.5 Å². The maximum atomic E-state index is 6.93. The van der Waals surface area contributed by atoms with E-state index in [2.05, 4.69) is 160 Å². The van der Waals surface area contributed by atoms with Gasteiger partial charge in [-0.1, -0.05) is 141 Å². The minimum absolute atomic E-state index is 0. The van der Waals surface area contributed by atoms with Crippen LogP contribution >= 0.6 is 0 Å². The van der Waals surface area contributed by atoms with Crippen molar-refractivity contribution in [3.05, 3.63) is 130 Å². The van der Waals surface area contributed by atoms with Crippen LogP contribution in [0.2, 0.25) is 0 Å². The first-order chi connectivity index (χ1) is 24.9. The van der Waals surface area contributed by atoms with Gasteiger partial charge in [0.2, 0.25) is 0 Å². The molecule has 0 amide bonds. The van der Waals surface area contributed by atoms with Gasteiger partial charge in [0, 0.05) is 34.2 Å². The molecule has 4 heterocycles. The smallest absolute Gasteiger partial charge is 0.508 e. The molecule has 5 nitrogen and oxygen atoms in total. The summed E-state index contributed by atoms with van der Waals surface area (Å²) in [4.78, 5) is 10.3. The van der Waals surface area contributed by atoms with Crippen molar-refractivity contribution >= 4 is 27.7 Å². The average molecular weight is 897 g/mol. The fourth-order valence-electron chi connectivity index (χ4n) is 8.35. The maximum Gasteiger partial charge on any atom is 2.00 e. The summed E-state index contributed by atoms with van der Waals surface area (Å²) in [5, 5.41) is 2.37. The molecule has 54 heavy (non-hydrogen) atoms. The summed E-state index contributed by atoms with van der Waals surface area (Å²) >= 11 is 0. The second-order valence-corrected chi connectivity index (χ2v) is 17.7. The third-order valence-corrected chi connectivity index (χ3v) is 12.3. The molecule has 0 bridgehead atoms. The Morgan fingerprint density at radius 1 is 0.833 bits per heavy atom. The molecule has 280 valence electrons. The van der Waals surface area contributed by atoms with Gasteiger partial charge in [0.05, 0.1) is 5.54 Å². The van der Waals surface area contributed by atoms with Crippen LogP contribution in [0.15, 0.2) is 84.0 Å². The fourth-order valence-corrected chi connectivity index (χ4v) is 8.35. The van der Waals surface area contributed by atoms with E-state index in [1.165, 1.54) is 27.6 Å². The molecular formula is C48H51N3O2Pt. The molecule has 6 aromatic rings. The van der Waals surface area contributed by atoms with E-state index in [9.17, 15) is 0 Å². The number of aromatic nitrogens is 2. The second kappa shape index (κ2) is 12.9. The zero-order valence-corrected chi connectivity index (χ0v) is 35.9. The monoisotopic (exact) mass is 896 g/mol. The molecule has 2 aliphatic rings. The normalized spacial score (nSPS) is 20.2. The Labute approximate surface area is 335 Å². The molecule has 6 heteroatoms. The third-order valence-electron chi connectivity index (χ3n) is 12.3. The number of hydrogen-bond acceptors (Lipinski definition) is 4. The van der Waals surface area contributed by atoms with Crippen LogP contribution in [-0.4, -0.2) is 21.0 Å². The third kappa shape index (κ3) is 5.67. The summed E-state index contributed by atoms with van der Waals surface area (Å²) in [6.07, 6.45) is 1.89. The first-order valence-corrected chi connectivity index (χ1v) is 19.1. The number of aliphatic imine (C=N–C) groups is 1. The van der Waals surface area contributed by atoms with Crippen LogP contribution in [0.25, 0.3) is 27.6 Å². The van der Waals surface area contributed by atoms with Crippen molar-refractivity contribution in [2.24, 2.45) is 10.9 Å². The number of ether oxygens (including phenoxy) is 2. The fraction of sp³-hybridized carbons (Fsp3) is 0.375. The molecular weight excluding hydrogens is 846 g/mol. The number of fused-ring (bicyclic) bond motifs is 5. The molecule has 0 aliphatic carbocycles. The molecule has 2 aliphatic heterocycles. The summed E-state index contributed by atoms with van der Waals surface area (Å²) in [6.45, 7) is 26.8. The number of hydrogen-bond donors (Lipinski definition) is 0. The SMILES string of the molecule is Cc1cc2c3cc(C(C)(C)C)cc4c3n(c2[c-]c1Oc1[c-]c(C2=N[C@](C)(C(C)C)[C@@](C)(c3ccccc3)O2)cc(C(C)C)c1)-c1ncccc1C4(C)C.[Pt+2]. The van der Waals surface area contributed by atoms with Crippen molar-refractivity contribution < 1.29 is 30.5 Å². The van der Waals surface area contributed by atoms with Crippen molar-refractivity contribution in [3.8, 4) is 17.3 Å². The number of benzene rings is 4. The molecule has 0 N–H and O–H groups in total. The molecule has 0 fully saturated rings. The summed E-state index contributed by atoms with van der Waals surface area (Å²) < 4.78 is 16.1. The van der Waals surface area contributed by atoms with Crippen LogP contribution in [-0.2, 0) is 42.2 Å². The Hall–Kier alpha value is -4.21. The van der Waals surface area contributed by atoms with Gasteiger partial charge in [-0.05, 0) is 59.2 Å². The molecule has 0 saturated heterocycles. The van der Waals surface area contributed by atoms with Gasteiger partial charge in [-0.25, -0.2) is 4.98 Å². The number of nitrogens with zero attached hydrogens (tertiary/aromatic N) is 3. The van der Waals surface area contributed by atoms with Crippen molar-refractivity contribution in [2.75, 3.05) is 0 Å². The van der Waals surface area contributed by atoms with E-state index in [0.717, 1.165) is 39.0 Å². The first-order valence-electron chi connectivity index (χ1n) is 19.1. The van der Waals surface area contributed by atoms with E-state index in [0.29, 0.717) is 17.4 Å². The Morgan fingerprint density at radius 2 is 1.56 bits per heavy atom. The van der Waals surface area contributed by atoms with E-state index in [1.54, 1.807) is 0 Å². The molecule has 8 rings (SSSR count). The van der Waals surface area contributed by atoms with Gasteiger partial charge in [-0.2, -0.15) is 6.07 Å². The molecule has 0 saturated carbocycles. The van der Waals surface area contributed by atoms with Gasteiger partial charge >= 0.3 is 21.1 Å². The average Bonchev–Trinajstić information content (AvgIpc) is 3.59. The summed E-state index contributed by atoms with van der Waals surface area (Å²) in [5.41, 5.74) is 8.61.